The van der Waals surface area contributed by atoms with Crippen LogP contribution < -0.4 is 10.6 Å². The zero-order valence-electron chi connectivity index (χ0n) is 13.1. The van der Waals surface area contributed by atoms with Crippen LogP contribution in [0.2, 0.25) is 0 Å². The summed E-state index contributed by atoms with van der Waals surface area (Å²) in [7, 11) is 1.83. The molecule has 1 aromatic heterocycles. The first-order valence-electron chi connectivity index (χ1n) is 7.66. The first-order chi connectivity index (χ1) is 9.88. The van der Waals surface area contributed by atoms with Crippen molar-refractivity contribution in [1.82, 2.24) is 15.1 Å². The lowest BCUT2D eigenvalue weighted by atomic mass is 9.78. The molecule has 0 bridgehead atoms. The van der Waals surface area contributed by atoms with Gasteiger partial charge in [-0.2, -0.15) is 5.10 Å². The maximum absolute atomic E-state index is 11.9. The SMILES string of the molecule is Cc1cc(NC(=O)NCC(C)(O)C2CCCCC2)nn1C. The molecule has 6 heteroatoms. The Morgan fingerprint density at radius 2 is 2.14 bits per heavy atom. The Morgan fingerprint density at radius 3 is 2.71 bits per heavy atom. The summed E-state index contributed by atoms with van der Waals surface area (Å²) in [5.74, 6) is 0.786. The molecule has 0 aliphatic heterocycles. The molecule has 118 valence electrons. The molecule has 1 aromatic rings. The van der Waals surface area contributed by atoms with E-state index in [1.54, 1.807) is 10.7 Å². The van der Waals surface area contributed by atoms with Gasteiger partial charge in [0.15, 0.2) is 5.82 Å². The second-order valence-corrected chi connectivity index (χ2v) is 6.29. The fourth-order valence-electron chi connectivity index (χ4n) is 2.91. The zero-order chi connectivity index (χ0) is 15.5. The fraction of sp³-hybridized carbons (Fsp3) is 0.733. The van der Waals surface area contributed by atoms with Crippen molar-refractivity contribution in [2.24, 2.45) is 13.0 Å². The van der Waals surface area contributed by atoms with Gasteiger partial charge in [-0.3, -0.25) is 10.00 Å². The Bertz CT molecular complexity index is 470. The molecule has 0 aromatic carbocycles. The molecule has 2 amide bonds. The lowest BCUT2D eigenvalue weighted by molar-refractivity contribution is -0.0127. The number of anilines is 1. The van der Waals surface area contributed by atoms with Gasteiger partial charge in [-0.1, -0.05) is 19.3 Å². The van der Waals surface area contributed by atoms with Gasteiger partial charge in [-0.15, -0.1) is 0 Å². The molecule has 0 spiro atoms. The van der Waals surface area contributed by atoms with Crippen molar-refractivity contribution in [3.63, 3.8) is 0 Å². The van der Waals surface area contributed by atoms with Crippen LogP contribution in [-0.2, 0) is 7.05 Å². The van der Waals surface area contributed by atoms with Crippen molar-refractivity contribution < 1.29 is 9.90 Å². The van der Waals surface area contributed by atoms with Gasteiger partial charge in [0.1, 0.15) is 0 Å². The number of aliphatic hydroxyl groups is 1. The van der Waals surface area contributed by atoms with Crippen LogP contribution in [0.5, 0.6) is 0 Å². The molecule has 1 heterocycles. The summed E-state index contributed by atoms with van der Waals surface area (Å²) >= 11 is 0. The summed E-state index contributed by atoms with van der Waals surface area (Å²) in [5.41, 5.74) is 0.122. The lowest BCUT2D eigenvalue weighted by Crippen LogP contribution is -2.47. The van der Waals surface area contributed by atoms with E-state index < -0.39 is 5.60 Å². The molecular weight excluding hydrogens is 268 g/mol. The third-order valence-corrected chi connectivity index (χ3v) is 4.45. The third kappa shape index (κ3) is 4.20. The maximum atomic E-state index is 11.9. The lowest BCUT2D eigenvalue weighted by Gasteiger charge is -2.35. The standard InChI is InChI=1S/C15H26N4O2/c1-11-9-13(18-19(11)3)17-14(20)16-10-15(2,21)12-7-5-4-6-8-12/h9,12,21H,4-8,10H2,1-3H3,(H2,16,17,18,20). The van der Waals surface area contributed by atoms with Crippen LogP contribution >= 0.6 is 0 Å². The smallest absolute Gasteiger partial charge is 0.320 e. The number of carbonyl (C=O) groups is 1. The first-order valence-corrected chi connectivity index (χ1v) is 7.66. The van der Waals surface area contributed by atoms with Gasteiger partial charge in [0.2, 0.25) is 0 Å². The summed E-state index contributed by atoms with van der Waals surface area (Å²) in [4.78, 5) is 11.9. The minimum atomic E-state index is -0.849. The van der Waals surface area contributed by atoms with E-state index in [9.17, 15) is 9.90 Å². The van der Waals surface area contributed by atoms with Gasteiger partial charge in [-0.05, 0) is 32.6 Å². The quantitative estimate of drug-likeness (QED) is 0.796. The van der Waals surface area contributed by atoms with E-state index in [2.05, 4.69) is 15.7 Å². The maximum Gasteiger partial charge on any atom is 0.320 e. The van der Waals surface area contributed by atoms with Crippen LogP contribution in [0.4, 0.5) is 10.6 Å². The molecule has 1 saturated carbocycles. The summed E-state index contributed by atoms with van der Waals surface area (Å²) < 4.78 is 1.70. The van der Waals surface area contributed by atoms with Crippen molar-refractivity contribution in [3.8, 4) is 0 Å². The Hall–Kier alpha value is -1.56. The van der Waals surface area contributed by atoms with Crippen molar-refractivity contribution >= 4 is 11.8 Å². The highest BCUT2D eigenvalue weighted by Crippen LogP contribution is 2.32. The van der Waals surface area contributed by atoms with Crippen molar-refractivity contribution in [2.75, 3.05) is 11.9 Å². The summed E-state index contributed by atoms with van der Waals surface area (Å²) in [6, 6.07) is 1.47. The second-order valence-electron chi connectivity index (χ2n) is 6.29. The number of nitrogens with zero attached hydrogens (tertiary/aromatic N) is 2. The van der Waals surface area contributed by atoms with E-state index >= 15 is 0 Å². The molecule has 1 aliphatic rings. The highest BCUT2D eigenvalue weighted by atomic mass is 16.3. The minimum Gasteiger partial charge on any atom is -0.388 e. The fourth-order valence-corrected chi connectivity index (χ4v) is 2.91. The van der Waals surface area contributed by atoms with Crippen LogP contribution in [0.25, 0.3) is 0 Å². The third-order valence-electron chi connectivity index (χ3n) is 4.45. The largest absolute Gasteiger partial charge is 0.388 e. The topological polar surface area (TPSA) is 79.2 Å². The monoisotopic (exact) mass is 294 g/mol. The molecule has 0 saturated heterocycles. The first kappa shape index (κ1) is 15.8. The van der Waals surface area contributed by atoms with Gasteiger partial charge < -0.3 is 10.4 Å². The number of aryl methyl sites for hydroxylation is 2. The molecule has 1 unspecified atom stereocenters. The number of rotatable bonds is 4. The van der Waals surface area contributed by atoms with Crippen molar-refractivity contribution in [2.45, 2.75) is 51.6 Å². The molecule has 1 fully saturated rings. The van der Waals surface area contributed by atoms with Gasteiger partial charge in [0.05, 0.1) is 5.60 Å². The molecule has 21 heavy (non-hydrogen) atoms. The second kappa shape index (κ2) is 6.47. The Balaban J connectivity index is 1.82. The number of urea groups is 1. The van der Waals surface area contributed by atoms with E-state index in [1.165, 1.54) is 19.3 Å². The highest BCUT2D eigenvalue weighted by molar-refractivity contribution is 5.88. The number of aromatic nitrogens is 2. The molecule has 1 aliphatic carbocycles. The van der Waals surface area contributed by atoms with Crippen molar-refractivity contribution in [1.29, 1.82) is 0 Å². The summed E-state index contributed by atoms with van der Waals surface area (Å²) in [6.45, 7) is 3.99. The van der Waals surface area contributed by atoms with Gasteiger partial charge in [0, 0.05) is 25.4 Å². The number of amides is 2. The Morgan fingerprint density at radius 1 is 1.48 bits per heavy atom. The molecule has 6 nitrogen and oxygen atoms in total. The van der Waals surface area contributed by atoms with E-state index in [-0.39, 0.29) is 18.5 Å². The van der Waals surface area contributed by atoms with E-state index in [4.69, 9.17) is 0 Å². The zero-order valence-corrected chi connectivity index (χ0v) is 13.1. The van der Waals surface area contributed by atoms with E-state index in [0.717, 1.165) is 18.5 Å². The summed E-state index contributed by atoms with van der Waals surface area (Å²) in [5, 5.41) is 20.1. The van der Waals surface area contributed by atoms with E-state index in [0.29, 0.717) is 5.82 Å². The minimum absolute atomic E-state index is 0.259. The highest BCUT2D eigenvalue weighted by Gasteiger charge is 2.33. The molecular formula is C15H26N4O2. The Labute approximate surface area is 125 Å². The van der Waals surface area contributed by atoms with Crippen LogP contribution in [0.3, 0.4) is 0 Å². The molecule has 0 radical (unpaired) electrons. The number of carbonyl (C=O) groups excluding carboxylic acids is 1. The number of nitrogens with one attached hydrogen (secondary N) is 2. The summed E-state index contributed by atoms with van der Waals surface area (Å²) in [6.07, 6.45) is 5.66. The van der Waals surface area contributed by atoms with Gasteiger partial charge >= 0.3 is 6.03 Å². The van der Waals surface area contributed by atoms with E-state index in [1.807, 2.05) is 20.9 Å². The predicted molar refractivity (Wildman–Crippen MR) is 82.2 cm³/mol. The number of hydrogen-bond acceptors (Lipinski definition) is 3. The Kier molecular flexibility index (Phi) is 4.88. The average molecular weight is 294 g/mol. The predicted octanol–water partition coefficient (Wildman–Crippen LogP) is 2.18. The van der Waals surface area contributed by atoms with Crippen LogP contribution in [0, 0.1) is 12.8 Å². The van der Waals surface area contributed by atoms with Crippen LogP contribution in [-0.4, -0.2) is 33.1 Å². The number of hydrogen-bond donors (Lipinski definition) is 3. The average Bonchev–Trinajstić information content (AvgIpc) is 2.76. The molecule has 1 atom stereocenters. The van der Waals surface area contributed by atoms with Crippen LogP contribution in [0.1, 0.15) is 44.7 Å². The molecule has 2 rings (SSSR count). The van der Waals surface area contributed by atoms with Gasteiger partial charge in [0.25, 0.3) is 0 Å². The molecule has 3 N–H and O–H groups in total. The van der Waals surface area contributed by atoms with Crippen molar-refractivity contribution in [3.05, 3.63) is 11.8 Å². The van der Waals surface area contributed by atoms with Gasteiger partial charge in [-0.25, -0.2) is 4.79 Å². The van der Waals surface area contributed by atoms with Crippen LogP contribution in [0.15, 0.2) is 6.07 Å². The normalized spacial score (nSPS) is 19.0.